The van der Waals surface area contributed by atoms with Crippen LogP contribution < -0.4 is 10.6 Å². The van der Waals surface area contributed by atoms with E-state index in [0.29, 0.717) is 22.5 Å². The van der Waals surface area contributed by atoms with Gasteiger partial charge in [0, 0.05) is 25.2 Å². The molecule has 0 saturated heterocycles. The van der Waals surface area contributed by atoms with Gasteiger partial charge in [0.1, 0.15) is 11.6 Å². The molecule has 1 atom stereocenters. The van der Waals surface area contributed by atoms with Crippen molar-refractivity contribution in [2.45, 2.75) is 12.5 Å². The highest BCUT2D eigenvalue weighted by Crippen LogP contribution is 2.36. The third-order valence-corrected chi connectivity index (χ3v) is 5.55. The fourth-order valence-corrected chi connectivity index (χ4v) is 3.95. The second-order valence-electron chi connectivity index (χ2n) is 7.73. The Hall–Kier alpha value is -4.01. The highest BCUT2D eigenvalue weighted by atomic mass is 19.1. The SMILES string of the molecule is C=CCN1C(=O)N[C@H](c2ccc(F)cc2)C2=C1CN(CCC(=O)Nc1ccc(F)cc1)C2=O. The summed E-state index contributed by atoms with van der Waals surface area (Å²) in [4.78, 5) is 41.3. The molecule has 0 bridgehead atoms. The molecule has 2 aromatic carbocycles. The molecule has 9 heteroatoms. The fraction of sp³-hybridized carbons (Fsp3) is 0.208. The van der Waals surface area contributed by atoms with E-state index in [1.54, 1.807) is 6.08 Å². The van der Waals surface area contributed by atoms with Crippen LogP contribution >= 0.6 is 0 Å². The number of carbonyl (C=O) groups is 3. The summed E-state index contributed by atoms with van der Waals surface area (Å²) in [6.45, 7) is 4.18. The average Bonchev–Trinajstić information content (AvgIpc) is 3.12. The number of nitrogens with zero attached hydrogens (tertiary/aromatic N) is 2. The van der Waals surface area contributed by atoms with Crippen molar-refractivity contribution in [1.82, 2.24) is 15.1 Å². The Bertz CT molecular complexity index is 1130. The second-order valence-corrected chi connectivity index (χ2v) is 7.73. The number of anilines is 1. The highest BCUT2D eigenvalue weighted by molar-refractivity contribution is 6.02. The summed E-state index contributed by atoms with van der Waals surface area (Å²) in [5, 5.41) is 5.48. The number of hydrogen-bond acceptors (Lipinski definition) is 3. The average molecular weight is 452 g/mol. The molecule has 0 unspecified atom stereocenters. The van der Waals surface area contributed by atoms with Crippen molar-refractivity contribution in [2.24, 2.45) is 0 Å². The number of nitrogens with one attached hydrogen (secondary N) is 2. The van der Waals surface area contributed by atoms with Crippen LogP contribution in [0.4, 0.5) is 19.3 Å². The maximum Gasteiger partial charge on any atom is 0.322 e. The first kappa shape index (κ1) is 22.2. The zero-order chi connectivity index (χ0) is 23.5. The Morgan fingerprint density at radius 2 is 1.73 bits per heavy atom. The molecule has 2 aromatic rings. The summed E-state index contributed by atoms with van der Waals surface area (Å²) in [6.07, 6.45) is 1.58. The van der Waals surface area contributed by atoms with Crippen LogP contribution in [0.2, 0.25) is 0 Å². The lowest BCUT2D eigenvalue weighted by Crippen LogP contribution is -2.47. The van der Waals surface area contributed by atoms with Gasteiger partial charge in [-0.2, -0.15) is 0 Å². The molecule has 0 aliphatic carbocycles. The number of carbonyl (C=O) groups excluding carboxylic acids is 3. The van der Waals surface area contributed by atoms with Gasteiger partial charge < -0.3 is 15.5 Å². The molecular formula is C24H22F2N4O3. The molecule has 2 heterocycles. The molecule has 0 aromatic heterocycles. The lowest BCUT2D eigenvalue weighted by atomic mass is 9.95. The van der Waals surface area contributed by atoms with E-state index in [1.807, 2.05) is 0 Å². The molecule has 4 rings (SSSR count). The smallest absolute Gasteiger partial charge is 0.322 e. The maximum absolute atomic E-state index is 13.4. The number of urea groups is 1. The summed E-state index contributed by atoms with van der Waals surface area (Å²) >= 11 is 0. The van der Waals surface area contributed by atoms with E-state index in [-0.39, 0.29) is 43.9 Å². The van der Waals surface area contributed by atoms with Crippen LogP contribution in [0.3, 0.4) is 0 Å². The van der Waals surface area contributed by atoms with Gasteiger partial charge in [-0.25, -0.2) is 13.6 Å². The molecule has 4 amide bonds. The van der Waals surface area contributed by atoms with Crippen LogP contribution in [0.25, 0.3) is 0 Å². The molecule has 0 fully saturated rings. The molecule has 0 saturated carbocycles. The predicted molar refractivity (Wildman–Crippen MR) is 118 cm³/mol. The van der Waals surface area contributed by atoms with Crippen LogP contribution in [0.15, 0.2) is 72.5 Å². The number of rotatable bonds is 7. The summed E-state index contributed by atoms with van der Waals surface area (Å²) < 4.78 is 26.4. The lowest BCUT2D eigenvalue weighted by Gasteiger charge is -2.33. The van der Waals surface area contributed by atoms with Crippen molar-refractivity contribution >= 4 is 23.5 Å². The van der Waals surface area contributed by atoms with E-state index in [0.717, 1.165) is 0 Å². The van der Waals surface area contributed by atoms with E-state index < -0.39 is 17.7 Å². The van der Waals surface area contributed by atoms with Gasteiger partial charge in [0.25, 0.3) is 5.91 Å². The van der Waals surface area contributed by atoms with Crippen molar-refractivity contribution in [1.29, 1.82) is 0 Å². The van der Waals surface area contributed by atoms with Gasteiger partial charge in [-0.15, -0.1) is 6.58 Å². The Morgan fingerprint density at radius 3 is 2.36 bits per heavy atom. The van der Waals surface area contributed by atoms with Crippen LogP contribution in [0, 0.1) is 11.6 Å². The predicted octanol–water partition coefficient (Wildman–Crippen LogP) is 3.34. The number of hydrogen-bond donors (Lipinski definition) is 2. The van der Waals surface area contributed by atoms with Gasteiger partial charge in [-0.05, 0) is 42.0 Å². The normalized spacial score (nSPS) is 17.7. The first-order chi connectivity index (χ1) is 15.9. The van der Waals surface area contributed by atoms with Gasteiger partial charge in [-0.3, -0.25) is 14.5 Å². The van der Waals surface area contributed by atoms with Gasteiger partial charge in [0.15, 0.2) is 0 Å². The quantitative estimate of drug-likeness (QED) is 0.633. The minimum Gasteiger partial charge on any atom is -0.332 e. The van der Waals surface area contributed by atoms with Crippen molar-refractivity contribution in [3.8, 4) is 0 Å². The first-order valence-corrected chi connectivity index (χ1v) is 10.4. The monoisotopic (exact) mass is 452 g/mol. The standard InChI is InChI=1S/C24H22F2N4O3/c1-2-12-30-19-14-29(13-11-20(31)27-18-9-7-17(26)8-10-18)23(32)21(19)22(28-24(30)33)15-3-5-16(25)6-4-15/h2-10,22H,1,11-14H2,(H,27,31)(H,28,33)/t22-/m1/s1. The Morgan fingerprint density at radius 1 is 1.09 bits per heavy atom. The van der Waals surface area contributed by atoms with Crippen LogP contribution in [0.1, 0.15) is 18.0 Å². The largest absolute Gasteiger partial charge is 0.332 e. The highest BCUT2D eigenvalue weighted by Gasteiger charge is 2.43. The summed E-state index contributed by atoms with van der Waals surface area (Å²) in [7, 11) is 0. The van der Waals surface area contributed by atoms with E-state index in [2.05, 4.69) is 17.2 Å². The first-order valence-electron chi connectivity index (χ1n) is 10.4. The minimum atomic E-state index is -0.722. The van der Waals surface area contributed by atoms with E-state index in [4.69, 9.17) is 0 Å². The Labute approximate surface area is 189 Å². The number of amides is 4. The zero-order valence-electron chi connectivity index (χ0n) is 17.7. The number of benzene rings is 2. The molecule has 170 valence electrons. The molecule has 2 N–H and O–H groups in total. The Balaban J connectivity index is 1.50. The molecule has 0 spiro atoms. The summed E-state index contributed by atoms with van der Waals surface area (Å²) in [6, 6.07) is 9.88. The van der Waals surface area contributed by atoms with Gasteiger partial charge in [0.2, 0.25) is 5.91 Å². The van der Waals surface area contributed by atoms with Crippen LogP contribution in [0.5, 0.6) is 0 Å². The molecule has 7 nitrogen and oxygen atoms in total. The third-order valence-electron chi connectivity index (χ3n) is 5.55. The maximum atomic E-state index is 13.4. The summed E-state index contributed by atoms with van der Waals surface area (Å²) in [5.41, 5.74) is 1.97. The summed E-state index contributed by atoms with van der Waals surface area (Å²) in [5.74, 6) is -1.46. The number of halogens is 2. The van der Waals surface area contributed by atoms with Gasteiger partial charge in [-0.1, -0.05) is 18.2 Å². The van der Waals surface area contributed by atoms with Gasteiger partial charge >= 0.3 is 6.03 Å². The zero-order valence-corrected chi connectivity index (χ0v) is 17.7. The van der Waals surface area contributed by atoms with Crippen LogP contribution in [-0.4, -0.2) is 47.3 Å². The van der Waals surface area contributed by atoms with Crippen molar-refractivity contribution in [3.05, 3.63) is 89.7 Å². The third kappa shape index (κ3) is 4.62. The van der Waals surface area contributed by atoms with Crippen molar-refractivity contribution < 1.29 is 23.2 Å². The van der Waals surface area contributed by atoms with E-state index >= 15 is 0 Å². The van der Waals surface area contributed by atoms with Crippen molar-refractivity contribution in [3.63, 3.8) is 0 Å². The molecule has 33 heavy (non-hydrogen) atoms. The Kier molecular flexibility index (Phi) is 6.21. The van der Waals surface area contributed by atoms with E-state index in [1.165, 1.54) is 58.3 Å². The van der Waals surface area contributed by atoms with E-state index in [9.17, 15) is 23.2 Å². The van der Waals surface area contributed by atoms with Crippen molar-refractivity contribution in [2.75, 3.05) is 25.0 Å². The topological polar surface area (TPSA) is 81.8 Å². The minimum absolute atomic E-state index is 0.0216. The molecule has 0 radical (unpaired) electrons. The molecular weight excluding hydrogens is 430 g/mol. The van der Waals surface area contributed by atoms with Crippen LogP contribution in [-0.2, 0) is 9.59 Å². The molecule has 2 aliphatic heterocycles. The second kappa shape index (κ2) is 9.23. The fourth-order valence-electron chi connectivity index (χ4n) is 3.95. The molecule has 2 aliphatic rings. The lowest BCUT2D eigenvalue weighted by molar-refractivity contribution is -0.126. The van der Waals surface area contributed by atoms with Gasteiger partial charge in [0.05, 0.1) is 23.9 Å².